The summed E-state index contributed by atoms with van der Waals surface area (Å²) in [7, 11) is 0. The smallest absolute Gasteiger partial charge is 0.319 e. The molecule has 0 aliphatic carbocycles. The van der Waals surface area contributed by atoms with Crippen molar-refractivity contribution in [2.24, 2.45) is 0 Å². The molecule has 0 aromatic heterocycles. The number of aryl methyl sites for hydroxylation is 1. The lowest BCUT2D eigenvalue weighted by Crippen LogP contribution is -2.27. The van der Waals surface area contributed by atoms with Gasteiger partial charge in [-0.15, -0.1) is 0 Å². The number of amides is 2. The Morgan fingerprint density at radius 2 is 1.67 bits per heavy atom. The Kier molecular flexibility index (Phi) is 3.97. The topological polar surface area (TPSA) is 41.1 Å². The summed E-state index contributed by atoms with van der Waals surface area (Å²) < 4.78 is 0. The molecule has 0 unspecified atom stereocenters. The number of hydrogen-bond donors (Lipinski definition) is 2. The van der Waals surface area contributed by atoms with E-state index in [0.29, 0.717) is 0 Å². The minimum atomic E-state index is -0.242. The Balaban J connectivity index is 1.88. The van der Waals surface area contributed by atoms with Gasteiger partial charge in [-0.1, -0.05) is 48.5 Å². The van der Waals surface area contributed by atoms with Gasteiger partial charge in [0.1, 0.15) is 0 Å². The zero-order chi connectivity index (χ0) is 12.8. The van der Waals surface area contributed by atoms with Gasteiger partial charge in [0.2, 0.25) is 0 Å². The van der Waals surface area contributed by atoms with Gasteiger partial charge in [-0.05, 0) is 24.1 Å². The molecular formula is C15H15N2O. The molecule has 0 fully saturated rings. The molecule has 0 aliphatic heterocycles. The lowest BCUT2D eigenvalue weighted by molar-refractivity contribution is 0.254. The number of carbonyl (C=O) groups is 1. The first-order valence-electron chi connectivity index (χ1n) is 5.77. The molecule has 0 heterocycles. The van der Waals surface area contributed by atoms with Crippen LogP contribution in [0.1, 0.15) is 11.1 Å². The third-order valence-electron chi connectivity index (χ3n) is 2.56. The Labute approximate surface area is 107 Å². The summed E-state index contributed by atoms with van der Waals surface area (Å²) in [6, 6.07) is 17.0. The molecular weight excluding hydrogens is 224 g/mol. The molecule has 0 atom stereocenters. The van der Waals surface area contributed by atoms with Crippen molar-refractivity contribution in [2.45, 2.75) is 6.92 Å². The highest BCUT2D eigenvalue weighted by Crippen LogP contribution is 2.12. The van der Waals surface area contributed by atoms with Crippen molar-refractivity contribution in [1.29, 1.82) is 0 Å². The van der Waals surface area contributed by atoms with Crippen LogP contribution in [0.4, 0.5) is 10.5 Å². The number of anilines is 1. The van der Waals surface area contributed by atoms with Crippen LogP contribution in [0.5, 0.6) is 0 Å². The first-order chi connectivity index (χ1) is 8.75. The second-order valence-corrected chi connectivity index (χ2v) is 3.97. The maximum atomic E-state index is 11.7. The Morgan fingerprint density at radius 1 is 1.00 bits per heavy atom. The van der Waals surface area contributed by atoms with Gasteiger partial charge in [0.15, 0.2) is 0 Å². The van der Waals surface area contributed by atoms with Crippen LogP contribution in [0.3, 0.4) is 0 Å². The van der Waals surface area contributed by atoms with Gasteiger partial charge in [0, 0.05) is 5.69 Å². The van der Waals surface area contributed by atoms with Crippen LogP contribution in [0.2, 0.25) is 0 Å². The van der Waals surface area contributed by atoms with E-state index in [1.54, 1.807) is 6.54 Å². The molecule has 0 saturated carbocycles. The maximum Gasteiger partial charge on any atom is 0.319 e. The molecule has 0 spiro atoms. The van der Waals surface area contributed by atoms with Gasteiger partial charge in [0.25, 0.3) is 0 Å². The van der Waals surface area contributed by atoms with Crippen molar-refractivity contribution in [3.05, 3.63) is 72.3 Å². The fraction of sp³-hybridized carbons (Fsp3) is 0.0667. The molecule has 18 heavy (non-hydrogen) atoms. The summed E-state index contributed by atoms with van der Waals surface area (Å²) >= 11 is 0. The molecule has 0 saturated heterocycles. The molecule has 0 aliphatic rings. The van der Waals surface area contributed by atoms with Crippen LogP contribution in [0.25, 0.3) is 0 Å². The lowest BCUT2D eigenvalue weighted by Gasteiger charge is -2.09. The highest BCUT2D eigenvalue weighted by molar-refractivity contribution is 5.90. The van der Waals surface area contributed by atoms with E-state index in [-0.39, 0.29) is 6.03 Å². The molecule has 2 aromatic rings. The van der Waals surface area contributed by atoms with E-state index in [2.05, 4.69) is 10.6 Å². The zero-order valence-corrected chi connectivity index (χ0v) is 10.2. The number of para-hydroxylation sites is 1. The molecule has 2 rings (SSSR count). The SMILES string of the molecule is Cc1ccccc1NC(=O)N[CH]c1ccccc1. The minimum Gasteiger partial charge on any atom is -0.329 e. The standard InChI is InChI=1S/C15H15N2O/c1-12-7-5-6-10-14(12)17-15(18)16-11-13-8-3-2-4-9-13/h2-11H,1H3,(H2,16,17,18). The van der Waals surface area contributed by atoms with Crippen molar-refractivity contribution in [1.82, 2.24) is 5.32 Å². The molecule has 2 N–H and O–H groups in total. The summed E-state index contributed by atoms with van der Waals surface area (Å²) in [5.74, 6) is 0. The van der Waals surface area contributed by atoms with Crippen molar-refractivity contribution < 1.29 is 4.79 Å². The predicted molar refractivity (Wildman–Crippen MR) is 73.2 cm³/mol. The monoisotopic (exact) mass is 239 g/mol. The fourth-order valence-electron chi connectivity index (χ4n) is 1.57. The van der Waals surface area contributed by atoms with E-state index in [1.807, 2.05) is 61.5 Å². The van der Waals surface area contributed by atoms with Crippen LogP contribution in [0, 0.1) is 13.5 Å². The Morgan fingerprint density at radius 3 is 2.39 bits per heavy atom. The van der Waals surface area contributed by atoms with Crippen LogP contribution in [0.15, 0.2) is 54.6 Å². The third kappa shape index (κ3) is 3.35. The van der Waals surface area contributed by atoms with Gasteiger partial charge >= 0.3 is 6.03 Å². The zero-order valence-electron chi connectivity index (χ0n) is 10.2. The number of carbonyl (C=O) groups excluding carboxylic acids is 1. The number of benzene rings is 2. The number of nitrogens with one attached hydrogen (secondary N) is 2. The van der Waals surface area contributed by atoms with E-state index >= 15 is 0 Å². The third-order valence-corrected chi connectivity index (χ3v) is 2.56. The maximum absolute atomic E-state index is 11.7. The summed E-state index contributed by atoms with van der Waals surface area (Å²) in [6.45, 7) is 3.63. The molecule has 3 heteroatoms. The van der Waals surface area contributed by atoms with Crippen molar-refractivity contribution >= 4 is 11.7 Å². The van der Waals surface area contributed by atoms with E-state index in [0.717, 1.165) is 16.8 Å². The van der Waals surface area contributed by atoms with E-state index in [4.69, 9.17) is 0 Å². The summed E-state index contributed by atoms with van der Waals surface area (Å²) in [5.41, 5.74) is 2.81. The van der Waals surface area contributed by atoms with Gasteiger partial charge in [0.05, 0.1) is 6.54 Å². The van der Waals surface area contributed by atoms with Gasteiger partial charge < -0.3 is 10.6 Å². The van der Waals surface area contributed by atoms with Crippen molar-refractivity contribution in [3.8, 4) is 0 Å². The Bertz CT molecular complexity index is 523. The van der Waals surface area contributed by atoms with Crippen molar-refractivity contribution in [3.63, 3.8) is 0 Å². The number of hydrogen-bond acceptors (Lipinski definition) is 1. The highest BCUT2D eigenvalue weighted by atomic mass is 16.2. The second-order valence-electron chi connectivity index (χ2n) is 3.97. The van der Waals surface area contributed by atoms with E-state index < -0.39 is 0 Å². The summed E-state index contributed by atoms with van der Waals surface area (Å²) in [4.78, 5) is 11.7. The number of urea groups is 1. The average molecular weight is 239 g/mol. The quantitative estimate of drug-likeness (QED) is 0.847. The summed E-state index contributed by atoms with van der Waals surface area (Å²) in [5, 5.41) is 5.50. The largest absolute Gasteiger partial charge is 0.329 e. The first kappa shape index (κ1) is 12.2. The highest BCUT2D eigenvalue weighted by Gasteiger charge is 2.03. The van der Waals surface area contributed by atoms with E-state index in [1.165, 1.54) is 0 Å². The second kappa shape index (κ2) is 5.87. The van der Waals surface area contributed by atoms with E-state index in [9.17, 15) is 4.79 Å². The average Bonchev–Trinajstić information content (AvgIpc) is 2.40. The normalized spacial score (nSPS) is 9.83. The minimum absolute atomic E-state index is 0.242. The molecule has 91 valence electrons. The van der Waals surface area contributed by atoms with Gasteiger partial charge in [-0.3, -0.25) is 0 Å². The summed E-state index contributed by atoms with van der Waals surface area (Å²) in [6.07, 6.45) is 0. The fourth-order valence-corrected chi connectivity index (χ4v) is 1.57. The molecule has 2 amide bonds. The first-order valence-corrected chi connectivity index (χ1v) is 5.77. The molecule has 0 bridgehead atoms. The molecule has 1 radical (unpaired) electrons. The van der Waals surface area contributed by atoms with Crippen LogP contribution >= 0.6 is 0 Å². The number of rotatable bonds is 3. The van der Waals surface area contributed by atoms with Crippen LogP contribution in [-0.4, -0.2) is 6.03 Å². The Hall–Kier alpha value is -2.29. The molecule has 3 nitrogen and oxygen atoms in total. The predicted octanol–water partition coefficient (Wildman–Crippen LogP) is 3.33. The lowest BCUT2D eigenvalue weighted by atomic mass is 10.2. The van der Waals surface area contributed by atoms with Crippen LogP contribution < -0.4 is 10.6 Å². The van der Waals surface area contributed by atoms with Gasteiger partial charge in [-0.25, -0.2) is 4.79 Å². The van der Waals surface area contributed by atoms with Gasteiger partial charge in [-0.2, -0.15) is 0 Å². The molecule has 2 aromatic carbocycles. The van der Waals surface area contributed by atoms with Crippen LogP contribution in [-0.2, 0) is 0 Å². The van der Waals surface area contributed by atoms with Crippen molar-refractivity contribution in [2.75, 3.05) is 5.32 Å².